The van der Waals surface area contributed by atoms with Crippen molar-refractivity contribution in [3.8, 4) is 46.3 Å². The number of esters is 1. The fraction of sp³-hybridized carbons (Fsp3) is 0.512. The Morgan fingerprint density at radius 2 is 1.78 bits per heavy atom. The van der Waals surface area contributed by atoms with E-state index in [-0.39, 0.29) is 48.2 Å². The smallest absolute Gasteiger partial charge is 0.507 e. The minimum atomic E-state index is -1.41. The number of hydrogen-bond donors (Lipinski definition) is 3. The van der Waals surface area contributed by atoms with Gasteiger partial charge in [-0.25, -0.2) is 9.59 Å². The molecule has 312 valence electrons. The number of phenols is 2. The number of carbonyl (C=O) groups excluding carboxylic acids is 2. The van der Waals surface area contributed by atoms with Crippen LogP contribution in [0, 0.1) is 25.2 Å². The van der Waals surface area contributed by atoms with Gasteiger partial charge < -0.3 is 43.4 Å². The van der Waals surface area contributed by atoms with E-state index in [9.17, 15) is 25.1 Å². The molecule has 7 atom stereocenters. The molecule has 7 aliphatic rings. The maximum Gasteiger partial charge on any atom is 0.514 e. The highest BCUT2D eigenvalue weighted by Crippen LogP contribution is 2.64. The number of phenolic OH excluding ortho intramolecular Hbond substituents is 2. The number of nitriles is 1. The van der Waals surface area contributed by atoms with Gasteiger partial charge in [0.1, 0.15) is 24.0 Å². The first-order valence-electron chi connectivity index (χ1n) is 19.7. The number of benzene rings is 3. The standard InChI is InChI=1S/C43H48N4O11S/c1-19-11-22-12-24-25(15-44)47-26-16-54-40(50)43(23-14-27(52-7)28(13-21(23)9-10-45-43)57-41(51)58-42(3,4)5)17-59-39(31-30(26)38-37(55-18-56-38)20(2)34(31)48)33(47)32(46(24)6)29(22)35(49)36(19)53-8/h11,13-14,24-26,32-33,39,45,48-49H,9-10,12,16-18H2,1-8H3/t24?,25-,26-,32-,33?,39+,43+/m0/s1. The highest BCUT2D eigenvalue weighted by molar-refractivity contribution is 7.99. The van der Waals surface area contributed by atoms with Gasteiger partial charge >= 0.3 is 12.1 Å². The molecule has 10 rings (SSSR count). The number of carbonyl (C=O) groups is 2. The molecule has 16 heteroatoms. The van der Waals surface area contributed by atoms with Crippen LogP contribution in [0.2, 0.25) is 0 Å². The average molecular weight is 829 g/mol. The number of hydrogen-bond acceptors (Lipinski definition) is 16. The van der Waals surface area contributed by atoms with Gasteiger partial charge in [0.2, 0.25) is 6.79 Å². The molecule has 4 bridgehead atoms. The Bertz CT molecular complexity index is 2340. The molecule has 3 aromatic rings. The van der Waals surface area contributed by atoms with Crippen molar-refractivity contribution < 1.29 is 53.0 Å². The number of nitrogens with one attached hydrogen (secondary N) is 1. The van der Waals surface area contributed by atoms with Crippen molar-refractivity contribution in [1.82, 2.24) is 15.1 Å². The van der Waals surface area contributed by atoms with Crippen molar-refractivity contribution in [3.63, 3.8) is 0 Å². The molecular formula is C43H48N4O11S. The topological polar surface area (TPSA) is 182 Å². The van der Waals surface area contributed by atoms with Crippen LogP contribution in [0.4, 0.5) is 4.79 Å². The number of rotatable bonds is 3. The van der Waals surface area contributed by atoms with Crippen LogP contribution in [0.3, 0.4) is 0 Å². The summed E-state index contributed by atoms with van der Waals surface area (Å²) in [5, 5.41) is 38.4. The van der Waals surface area contributed by atoms with Gasteiger partial charge in [0.25, 0.3) is 0 Å². The third-order valence-corrected chi connectivity index (χ3v) is 14.3. The van der Waals surface area contributed by atoms with Crippen LogP contribution in [0.1, 0.15) is 82.6 Å². The number of piperazine rings is 1. The summed E-state index contributed by atoms with van der Waals surface area (Å²) >= 11 is 1.46. The molecule has 0 aromatic heterocycles. The highest BCUT2D eigenvalue weighted by atomic mass is 32.2. The molecular weight excluding hydrogens is 781 g/mol. The van der Waals surface area contributed by atoms with E-state index in [0.29, 0.717) is 64.5 Å². The lowest BCUT2D eigenvalue weighted by molar-refractivity contribution is -0.157. The normalized spacial score (nSPS) is 28.0. The van der Waals surface area contributed by atoms with Crippen molar-refractivity contribution >= 4 is 23.9 Å². The summed E-state index contributed by atoms with van der Waals surface area (Å²) in [6.45, 7) is 9.07. The number of aromatic hydroxyl groups is 2. The quantitative estimate of drug-likeness (QED) is 0.226. The predicted molar refractivity (Wildman–Crippen MR) is 214 cm³/mol. The zero-order valence-corrected chi connectivity index (χ0v) is 35.1. The van der Waals surface area contributed by atoms with Crippen LogP contribution in [-0.2, 0) is 32.6 Å². The van der Waals surface area contributed by atoms with Crippen LogP contribution >= 0.6 is 11.8 Å². The van der Waals surface area contributed by atoms with Gasteiger partial charge in [-0.2, -0.15) is 5.26 Å². The minimum absolute atomic E-state index is 0.0370. The zero-order valence-electron chi connectivity index (χ0n) is 34.3. The SMILES string of the molecule is COc1cc2c(cc1OC(=O)OC(C)(C)C)CCN[C@]21CS[C@@H]2c3c(O)c(C)c4c(c3[C@H](COC1=O)N1C2[C@@H]2c3c(cc(C)c(OC)c3O)CC([C@@H]1C#N)N2C)OCO4. The maximum absolute atomic E-state index is 14.9. The van der Waals surface area contributed by atoms with Gasteiger partial charge in [0.05, 0.1) is 37.6 Å². The van der Waals surface area contributed by atoms with Gasteiger partial charge in [0.15, 0.2) is 40.0 Å². The second kappa shape index (κ2) is 14.0. The molecule has 7 heterocycles. The molecule has 15 nitrogen and oxygen atoms in total. The Hall–Kier alpha value is -5.08. The largest absolute Gasteiger partial charge is 0.514 e. The van der Waals surface area contributed by atoms with Crippen molar-refractivity contribution in [2.45, 2.75) is 94.1 Å². The van der Waals surface area contributed by atoms with E-state index < -0.39 is 52.7 Å². The number of aryl methyl sites for hydroxylation is 1. The second-order valence-electron chi connectivity index (χ2n) is 17.1. The van der Waals surface area contributed by atoms with Crippen LogP contribution in [-0.4, -0.2) is 103 Å². The molecule has 0 saturated carbocycles. The lowest BCUT2D eigenvalue weighted by Gasteiger charge is -2.62. The zero-order chi connectivity index (χ0) is 41.9. The van der Waals surface area contributed by atoms with E-state index in [1.807, 2.05) is 20.0 Å². The molecule has 59 heavy (non-hydrogen) atoms. The summed E-state index contributed by atoms with van der Waals surface area (Å²) in [5.41, 5.74) is 3.33. The Kier molecular flexibility index (Phi) is 9.35. The highest BCUT2D eigenvalue weighted by Gasteiger charge is 2.61. The number of fused-ring (bicyclic) bond motifs is 9. The monoisotopic (exact) mass is 828 g/mol. The molecule has 0 amide bonds. The van der Waals surface area contributed by atoms with E-state index >= 15 is 0 Å². The second-order valence-corrected chi connectivity index (χ2v) is 18.2. The van der Waals surface area contributed by atoms with Crippen LogP contribution < -0.4 is 29.0 Å². The lowest BCUT2D eigenvalue weighted by atomic mass is 9.71. The Morgan fingerprint density at radius 3 is 2.49 bits per heavy atom. The number of nitrogens with zero attached hydrogens (tertiary/aromatic N) is 3. The van der Waals surface area contributed by atoms with E-state index in [0.717, 1.165) is 16.7 Å². The van der Waals surface area contributed by atoms with E-state index in [2.05, 4.69) is 21.2 Å². The van der Waals surface area contributed by atoms with Gasteiger partial charge in [-0.05, 0) is 88.9 Å². The summed E-state index contributed by atoms with van der Waals surface area (Å²) in [6.07, 6.45) is 0.108. The molecule has 1 spiro atoms. The summed E-state index contributed by atoms with van der Waals surface area (Å²) in [6, 6.07) is 5.34. The Balaban J connectivity index is 1.24. The first kappa shape index (κ1) is 39.4. The molecule has 2 unspecified atom stereocenters. The maximum atomic E-state index is 14.9. The number of thioether (sulfide) groups is 1. The average Bonchev–Trinajstić information content (AvgIpc) is 3.68. The molecule has 3 N–H and O–H groups in total. The lowest BCUT2D eigenvalue weighted by Crippen LogP contribution is -2.69. The van der Waals surface area contributed by atoms with Crippen LogP contribution in [0.15, 0.2) is 18.2 Å². The number of methoxy groups -OCH3 is 2. The van der Waals surface area contributed by atoms with Gasteiger partial charge in [0, 0.05) is 46.6 Å². The van der Waals surface area contributed by atoms with E-state index in [1.54, 1.807) is 39.8 Å². The first-order chi connectivity index (χ1) is 28.1. The minimum Gasteiger partial charge on any atom is -0.507 e. The van der Waals surface area contributed by atoms with Crippen molar-refractivity contribution in [1.29, 1.82) is 5.26 Å². The molecule has 3 aromatic carbocycles. The van der Waals surface area contributed by atoms with Crippen molar-refractivity contribution in [3.05, 3.63) is 62.7 Å². The molecule has 0 radical (unpaired) electrons. The van der Waals surface area contributed by atoms with Gasteiger partial charge in [-0.3, -0.25) is 15.1 Å². The summed E-state index contributed by atoms with van der Waals surface area (Å²) in [5.74, 6) is 1.30. The van der Waals surface area contributed by atoms with E-state index in [4.69, 9.17) is 33.2 Å². The summed E-state index contributed by atoms with van der Waals surface area (Å²) in [7, 11) is 4.98. The predicted octanol–water partition coefficient (Wildman–Crippen LogP) is 5.38. The third-order valence-electron chi connectivity index (χ3n) is 12.8. The van der Waals surface area contributed by atoms with Gasteiger partial charge in [-0.15, -0.1) is 11.8 Å². The van der Waals surface area contributed by atoms with Gasteiger partial charge in [-0.1, -0.05) is 6.07 Å². The summed E-state index contributed by atoms with van der Waals surface area (Å²) < 4.78 is 41.1. The molecule has 2 saturated heterocycles. The van der Waals surface area contributed by atoms with Crippen molar-refractivity contribution in [2.75, 3.05) is 47.0 Å². The Morgan fingerprint density at radius 1 is 1.02 bits per heavy atom. The molecule has 2 fully saturated rings. The molecule has 0 aliphatic carbocycles. The molecule has 7 aliphatic heterocycles. The Labute approximate surface area is 346 Å². The van der Waals surface area contributed by atoms with Crippen LogP contribution in [0.25, 0.3) is 0 Å². The third kappa shape index (κ3) is 5.79. The fourth-order valence-corrected chi connectivity index (χ4v) is 12.0. The fourth-order valence-electron chi connectivity index (χ4n) is 10.4. The van der Waals surface area contributed by atoms with Crippen molar-refractivity contribution in [2.24, 2.45) is 0 Å². The number of likely N-dealkylation sites (N-methyl/N-ethyl adjacent to an activating group) is 1. The van der Waals surface area contributed by atoms with Crippen LogP contribution in [0.5, 0.6) is 40.2 Å². The summed E-state index contributed by atoms with van der Waals surface area (Å²) in [4.78, 5) is 32.0. The number of ether oxygens (including phenoxy) is 7. The first-order valence-corrected chi connectivity index (χ1v) is 20.8. The van der Waals surface area contributed by atoms with E-state index in [1.165, 1.54) is 26.0 Å².